The highest BCUT2D eigenvalue weighted by Crippen LogP contribution is 2.29. The number of sulfone groups is 1. The van der Waals surface area contributed by atoms with Crippen LogP contribution in [0.5, 0.6) is 5.75 Å². The van der Waals surface area contributed by atoms with Crippen LogP contribution < -0.4 is 16.0 Å². The Balaban J connectivity index is 2.07. The van der Waals surface area contributed by atoms with Gasteiger partial charge in [0.1, 0.15) is 5.75 Å². The van der Waals surface area contributed by atoms with Gasteiger partial charge in [-0.15, -0.1) is 0 Å². The summed E-state index contributed by atoms with van der Waals surface area (Å²) in [4.78, 5) is 4.09. The summed E-state index contributed by atoms with van der Waals surface area (Å²) in [5, 5.41) is 0. The molecule has 0 saturated carbocycles. The van der Waals surface area contributed by atoms with Crippen LogP contribution in [-0.2, 0) is 9.84 Å². The number of pyridine rings is 1. The quantitative estimate of drug-likeness (QED) is 0.601. The van der Waals surface area contributed by atoms with Crippen molar-refractivity contribution in [2.45, 2.75) is 18.9 Å². The molecule has 6 nitrogen and oxygen atoms in total. The van der Waals surface area contributed by atoms with Crippen molar-refractivity contribution in [2.75, 3.05) is 18.6 Å². The molecule has 1 aromatic heterocycles. The molecule has 1 aromatic rings. The van der Waals surface area contributed by atoms with Crippen molar-refractivity contribution in [2.24, 2.45) is 11.8 Å². The first-order valence-electron chi connectivity index (χ1n) is 6.19. The number of methoxy groups -OCH3 is 1. The molecule has 1 saturated heterocycles. The molecule has 1 fully saturated rings. The first-order chi connectivity index (χ1) is 9.04. The summed E-state index contributed by atoms with van der Waals surface area (Å²) in [6.07, 6.45) is 4.73. The Labute approximate surface area is 113 Å². The fourth-order valence-corrected chi connectivity index (χ4v) is 4.31. The fourth-order valence-electron chi connectivity index (χ4n) is 2.43. The molecule has 0 radical (unpaired) electrons. The highest BCUT2D eigenvalue weighted by atomic mass is 32.2. The zero-order valence-corrected chi connectivity index (χ0v) is 11.7. The van der Waals surface area contributed by atoms with Crippen LogP contribution in [-0.4, -0.2) is 32.0 Å². The van der Waals surface area contributed by atoms with Crippen molar-refractivity contribution in [3.8, 4) is 5.75 Å². The van der Waals surface area contributed by atoms with Crippen LogP contribution in [0.25, 0.3) is 0 Å². The molecule has 0 aromatic carbocycles. The van der Waals surface area contributed by atoms with Gasteiger partial charge in [-0.1, -0.05) is 0 Å². The van der Waals surface area contributed by atoms with E-state index in [0.29, 0.717) is 18.6 Å². The highest BCUT2D eigenvalue weighted by molar-refractivity contribution is 7.91. The number of nitrogens with one attached hydrogen (secondary N) is 1. The Morgan fingerprint density at radius 2 is 2.37 bits per heavy atom. The van der Waals surface area contributed by atoms with Gasteiger partial charge >= 0.3 is 0 Å². The third-order valence-corrected chi connectivity index (χ3v) is 5.31. The average Bonchev–Trinajstić information content (AvgIpc) is 2.75. The molecule has 19 heavy (non-hydrogen) atoms. The van der Waals surface area contributed by atoms with E-state index in [-0.39, 0.29) is 23.5 Å². The van der Waals surface area contributed by atoms with Crippen molar-refractivity contribution in [1.29, 1.82) is 0 Å². The van der Waals surface area contributed by atoms with Crippen LogP contribution in [0.2, 0.25) is 0 Å². The molecule has 0 bridgehead atoms. The zero-order valence-electron chi connectivity index (χ0n) is 10.9. The molecule has 2 atom stereocenters. The Morgan fingerprint density at radius 3 is 2.95 bits per heavy atom. The third-order valence-electron chi connectivity index (χ3n) is 3.47. The normalized spacial score (nSPS) is 23.2. The maximum Gasteiger partial charge on any atom is 0.150 e. The maximum absolute atomic E-state index is 11.5. The molecule has 7 heteroatoms. The molecular formula is C12H19N3O3S. The van der Waals surface area contributed by atoms with Crippen LogP contribution in [0.1, 0.15) is 24.4 Å². The standard InChI is InChI=1S/C12H19N3O3S/c1-18-11-5-10(6-14-7-11)12(15-13)4-9-2-3-19(16,17)8-9/h5-7,9,12,15H,2-4,8,13H2,1H3. The highest BCUT2D eigenvalue weighted by Gasteiger charge is 2.30. The van der Waals surface area contributed by atoms with Gasteiger partial charge in [-0.2, -0.15) is 0 Å². The van der Waals surface area contributed by atoms with Crippen molar-refractivity contribution in [1.82, 2.24) is 10.4 Å². The first kappa shape index (κ1) is 14.2. The van der Waals surface area contributed by atoms with E-state index in [0.717, 1.165) is 5.56 Å². The Hall–Kier alpha value is -1.18. The summed E-state index contributed by atoms with van der Waals surface area (Å²) in [5.41, 5.74) is 3.64. The summed E-state index contributed by atoms with van der Waals surface area (Å²) in [5.74, 6) is 6.92. The summed E-state index contributed by atoms with van der Waals surface area (Å²) >= 11 is 0. The number of hydrogen-bond acceptors (Lipinski definition) is 6. The van der Waals surface area contributed by atoms with Crippen molar-refractivity contribution in [3.05, 3.63) is 24.0 Å². The lowest BCUT2D eigenvalue weighted by Crippen LogP contribution is -2.30. The second-order valence-corrected chi connectivity index (χ2v) is 7.11. The summed E-state index contributed by atoms with van der Waals surface area (Å²) < 4.78 is 28.1. The van der Waals surface area contributed by atoms with E-state index in [1.807, 2.05) is 6.07 Å². The van der Waals surface area contributed by atoms with Crippen LogP contribution in [0.3, 0.4) is 0 Å². The molecule has 0 spiro atoms. The molecule has 1 aliphatic heterocycles. The van der Waals surface area contributed by atoms with E-state index in [1.165, 1.54) is 0 Å². The molecule has 2 heterocycles. The second kappa shape index (κ2) is 5.85. The van der Waals surface area contributed by atoms with Gasteiger partial charge in [0.15, 0.2) is 9.84 Å². The van der Waals surface area contributed by atoms with E-state index in [9.17, 15) is 8.42 Å². The zero-order chi connectivity index (χ0) is 13.9. The Kier molecular flexibility index (Phi) is 4.38. The van der Waals surface area contributed by atoms with E-state index < -0.39 is 9.84 Å². The van der Waals surface area contributed by atoms with Gasteiger partial charge < -0.3 is 4.74 Å². The predicted molar refractivity (Wildman–Crippen MR) is 72.2 cm³/mol. The minimum atomic E-state index is -2.85. The molecule has 106 valence electrons. The lowest BCUT2D eigenvalue weighted by Gasteiger charge is -2.19. The minimum absolute atomic E-state index is 0.110. The van der Waals surface area contributed by atoms with Crippen molar-refractivity contribution < 1.29 is 13.2 Å². The number of aromatic nitrogens is 1. The van der Waals surface area contributed by atoms with Gasteiger partial charge in [0, 0.05) is 12.2 Å². The van der Waals surface area contributed by atoms with Crippen LogP contribution in [0.4, 0.5) is 0 Å². The van der Waals surface area contributed by atoms with Gasteiger partial charge in [-0.05, 0) is 30.4 Å². The maximum atomic E-state index is 11.5. The van der Waals surface area contributed by atoms with E-state index in [4.69, 9.17) is 10.6 Å². The first-order valence-corrected chi connectivity index (χ1v) is 8.01. The van der Waals surface area contributed by atoms with Gasteiger partial charge in [0.2, 0.25) is 0 Å². The lowest BCUT2D eigenvalue weighted by atomic mass is 9.95. The van der Waals surface area contributed by atoms with Crippen molar-refractivity contribution >= 4 is 9.84 Å². The van der Waals surface area contributed by atoms with E-state index >= 15 is 0 Å². The smallest absolute Gasteiger partial charge is 0.150 e. The molecule has 2 rings (SSSR count). The van der Waals surface area contributed by atoms with Gasteiger partial charge in [-0.25, -0.2) is 8.42 Å². The van der Waals surface area contributed by atoms with Gasteiger partial charge in [0.05, 0.1) is 24.8 Å². The molecular weight excluding hydrogens is 266 g/mol. The van der Waals surface area contributed by atoms with E-state index in [1.54, 1.807) is 19.5 Å². The number of nitrogens with two attached hydrogens (primary N) is 1. The molecule has 0 amide bonds. The second-order valence-electron chi connectivity index (χ2n) is 4.88. The Morgan fingerprint density at radius 1 is 1.58 bits per heavy atom. The number of hydrazine groups is 1. The third kappa shape index (κ3) is 3.65. The summed E-state index contributed by atoms with van der Waals surface area (Å²) in [6.45, 7) is 0. The predicted octanol–water partition coefficient (Wildman–Crippen LogP) is 0.419. The SMILES string of the molecule is COc1cncc(C(CC2CCS(=O)(=O)C2)NN)c1. The summed E-state index contributed by atoms with van der Waals surface area (Å²) in [7, 11) is -1.27. The largest absolute Gasteiger partial charge is 0.495 e. The van der Waals surface area contributed by atoms with Crippen LogP contribution in [0, 0.1) is 5.92 Å². The van der Waals surface area contributed by atoms with Crippen LogP contribution >= 0.6 is 0 Å². The number of nitrogens with zero attached hydrogens (tertiary/aromatic N) is 1. The topological polar surface area (TPSA) is 94.3 Å². The number of rotatable bonds is 5. The van der Waals surface area contributed by atoms with Gasteiger partial charge in [0.25, 0.3) is 0 Å². The monoisotopic (exact) mass is 285 g/mol. The molecule has 1 aliphatic rings. The fraction of sp³-hybridized carbons (Fsp3) is 0.583. The van der Waals surface area contributed by atoms with Crippen molar-refractivity contribution in [3.63, 3.8) is 0 Å². The molecule has 2 unspecified atom stereocenters. The number of ether oxygens (including phenoxy) is 1. The average molecular weight is 285 g/mol. The molecule has 3 N–H and O–H groups in total. The minimum Gasteiger partial charge on any atom is -0.495 e. The van der Waals surface area contributed by atoms with E-state index in [2.05, 4.69) is 10.4 Å². The van der Waals surface area contributed by atoms with Gasteiger partial charge in [-0.3, -0.25) is 16.3 Å². The molecule has 0 aliphatic carbocycles. The van der Waals surface area contributed by atoms with Crippen LogP contribution in [0.15, 0.2) is 18.5 Å². The summed E-state index contributed by atoms with van der Waals surface area (Å²) in [6, 6.07) is 1.75. The Bertz CT molecular complexity index is 533. The number of hydrogen-bond donors (Lipinski definition) is 2. The lowest BCUT2D eigenvalue weighted by molar-refractivity contribution is 0.402.